The molecule has 0 atom stereocenters. The highest BCUT2D eigenvalue weighted by molar-refractivity contribution is 7.87. The van der Waals surface area contributed by atoms with Gasteiger partial charge in [0, 0.05) is 11.5 Å². The Morgan fingerprint density at radius 1 is 1.30 bits per heavy atom. The van der Waals surface area contributed by atoms with Crippen molar-refractivity contribution in [1.82, 2.24) is 4.98 Å². The van der Waals surface area contributed by atoms with Crippen LogP contribution in [0, 0.1) is 6.92 Å². The van der Waals surface area contributed by atoms with E-state index >= 15 is 0 Å². The van der Waals surface area contributed by atoms with E-state index in [-0.39, 0.29) is 5.69 Å². The van der Waals surface area contributed by atoms with Crippen molar-refractivity contribution in [2.45, 2.75) is 12.4 Å². The molecule has 0 unspecified atom stereocenters. The first-order valence-corrected chi connectivity index (χ1v) is 6.97. The Balaban J connectivity index is 2.54. The first-order chi connectivity index (χ1) is 9.12. The van der Waals surface area contributed by atoms with Crippen LogP contribution >= 0.6 is 11.6 Å². The van der Waals surface area contributed by atoms with Crippen LogP contribution in [0.4, 0.5) is 13.2 Å². The van der Waals surface area contributed by atoms with Crippen molar-refractivity contribution < 1.29 is 25.8 Å². The molecule has 0 aliphatic rings. The first-order valence-electron chi connectivity index (χ1n) is 5.18. The van der Waals surface area contributed by atoms with E-state index in [1.807, 2.05) is 0 Å². The number of hydrogen-bond acceptors (Lipinski definition) is 4. The van der Waals surface area contributed by atoms with E-state index < -0.39 is 21.5 Å². The topological polar surface area (TPSA) is 56.3 Å². The van der Waals surface area contributed by atoms with Crippen molar-refractivity contribution in [3.8, 4) is 5.88 Å². The van der Waals surface area contributed by atoms with E-state index in [4.69, 9.17) is 11.6 Å². The van der Waals surface area contributed by atoms with Crippen LogP contribution < -0.4 is 4.18 Å². The van der Waals surface area contributed by atoms with Crippen molar-refractivity contribution in [2.24, 2.45) is 0 Å². The predicted octanol–water partition coefficient (Wildman–Crippen LogP) is 3.43. The lowest BCUT2D eigenvalue weighted by molar-refractivity contribution is -0.0501. The number of rotatable bonds is 2. The summed E-state index contributed by atoms with van der Waals surface area (Å²) in [6.07, 6.45) is 0. The van der Waals surface area contributed by atoms with Crippen molar-refractivity contribution in [1.29, 1.82) is 0 Å². The minimum Gasteiger partial charge on any atom is -0.355 e. The van der Waals surface area contributed by atoms with Crippen LogP contribution in [0.15, 0.2) is 24.3 Å². The van der Waals surface area contributed by atoms with Gasteiger partial charge in [0.1, 0.15) is 0 Å². The molecule has 1 heterocycles. The molecule has 0 saturated carbocycles. The molecule has 20 heavy (non-hydrogen) atoms. The summed E-state index contributed by atoms with van der Waals surface area (Å²) in [7, 11) is -5.74. The molecule has 0 fully saturated rings. The van der Waals surface area contributed by atoms with Gasteiger partial charge in [0.25, 0.3) is 0 Å². The maximum atomic E-state index is 12.2. The molecule has 0 aliphatic heterocycles. The normalized spacial score (nSPS) is 12.7. The van der Waals surface area contributed by atoms with Crippen LogP contribution in [0.5, 0.6) is 5.88 Å². The Hall–Kier alpha value is -1.54. The zero-order chi connectivity index (χ0) is 15.1. The molecular formula is C11H7ClF3NO3S. The number of aryl methyl sites for hydroxylation is 1. The van der Waals surface area contributed by atoms with Crippen molar-refractivity contribution >= 4 is 32.5 Å². The predicted molar refractivity (Wildman–Crippen MR) is 67.1 cm³/mol. The molecule has 2 aromatic rings. The molecule has 1 aromatic heterocycles. The zero-order valence-corrected chi connectivity index (χ0v) is 11.5. The molecule has 0 spiro atoms. The Morgan fingerprint density at radius 3 is 2.55 bits per heavy atom. The Kier molecular flexibility index (Phi) is 3.55. The van der Waals surface area contributed by atoms with Gasteiger partial charge in [-0.1, -0.05) is 23.7 Å². The summed E-state index contributed by atoms with van der Waals surface area (Å²) in [5, 5.41) is 1.31. The second kappa shape index (κ2) is 4.78. The summed E-state index contributed by atoms with van der Waals surface area (Å²) in [6.45, 7) is 1.49. The highest BCUT2D eigenvalue weighted by atomic mass is 35.5. The number of halogens is 4. The van der Waals surface area contributed by atoms with Gasteiger partial charge in [0.15, 0.2) is 0 Å². The Bertz CT molecular complexity index is 774. The fraction of sp³-hybridized carbons (Fsp3) is 0.182. The fourth-order valence-corrected chi connectivity index (χ4v) is 2.35. The minimum atomic E-state index is -5.74. The third-order valence-corrected chi connectivity index (χ3v) is 3.72. The van der Waals surface area contributed by atoms with Crippen LogP contribution in [-0.2, 0) is 10.1 Å². The lowest BCUT2D eigenvalue weighted by atomic mass is 10.1. The van der Waals surface area contributed by atoms with Gasteiger partial charge in [-0.3, -0.25) is 0 Å². The van der Waals surface area contributed by atoms with Crippen LogP contribution in [-0.4, -0.2) is 18.9 Å². The lowest BCUT2D eigenvalue weighted by Gasteiger charge is -2.10. The van der Waals surface area contributed by atoms with Gasteiger partial charge in [-0.2, -0.15) is 21.6 Å². The van der Waals surface area contributed by atoms with E-state index in [1.54, 1.807) is 18.2 Å². The van der Waals surface area contributed by atoms with Crippen molar-refractivity contribution in [3.05, 3.63) is 35.0 Å². The first kappa shape index (κ1) is 14.9. The quantitative estimate of drug-likeness (QED) is 0.627. The molecule has 0 N–H and O–H groups in total. The van der Waals surface area contributed by atoms with Gasteiger partial charge in [0.2, 0.25) is 5.88 Å². The molecule has 0 amide bonds. The van der Waals surface area contributed by atoms with E-state index in [0.29, 0.717) is 15.8 Å². The number of alkyl halides is 3. The SMILES string of the molecule is Cc1nc(OS(=O)(=O)C(F)(F)F)cc2cccc(Cl)c12. The van der Waals surface area contributed by atoms with Crippen molar-refractivity contribution in [2.75, 3.05) is 0 Å². The highest BCUT2D eigenvalue weighted by Gasteiger charge is 2.48. The molecule has 2 rings (SSSR count). The van der Waals surface area contributed by atoms with Crippen LogP contribution in [0.1, 0.15) is 5.69 Å². The number of hydrogen-bond donors (Lipinski definition) is 0. The summed E-state index contributed by atoms with van der Waals surface area (Å²) < 4.78 is 62.5. The summed E-state index contributed by atoms with van der Waals surface area (Å²) in [5.74, 6) is -0.658. The number of pyridine rings is 1. The minimum absolute atomic E-state index is 0.264. The van der Waals surface area contributed by atoms with Crippen LogP contribution in [0.3, 0.4) is 0 Å². The molecule has 0 saturated heterocycles. The summed E-state index contributed by atoms with van der Waals surface area (Å²) in [6, 6.07) is 5.80. The lowest BCUT2D eigenvalue weighted by Crippen LogP contribution is -2.28. The van der Waals surface area contributed by atoms with Gasteiger partial charge < -0.3 is 4.18 Å². The largest absolute Gasteiger partial charge is 0.534 e. The second-order valence-electron chi connectivity index (χ2n) is 3.87. The van der Waals surface area contributed by atoms with Crippen LogP contribution in [0.2, 0.25) is 5.02 Å². The standard InChI is InChI=1S/C11H7ClF3NO3S/c1-6-10-7(3-2-4-8(10)12)5-9(16-6)19-20(17,18)11(13,14)15/h2-5H,1H3. The fourth-order valence-electron chi connectivity index (χ4n) is 1.63. The summed E-state index contributed by atoms with van der Waals surface area (Å²) in [5.41, 5.74) is -5.24. The highest BCUT2D eigenvalue weighted by Crippen LogP contribution is 2.31. The van der Waals surface area contributed by atoms with Gasteiger partial charge >= 0.3 is 15.6 Å². The Morgan fingerprint density at radius 2 is 1.95 bits per heavy atom. The summed E-state index contributed by atoms with van der Waals surface area (Å²) in [4.78, 5) is 3.68. The average molecular weight is 326 g/mol. The van der Waals surface area contributed by atoms with E-state index in [9.17, 15) is 21.6 Å². The van der Waals surface area contributed by atoms with Gasteiger partial charge in [-0.25, -0.2) is 4.98 Å². The number of fused-ring (bicyclic) bond motifs is 1. The smallest absolute Gasteiger partial charge is 0.355 e. The molecule has 1 aromatic carbocycles. The molecule has 4 nitrogen and oxygen atoms in total. The van der Waals surface area contributed by atoms with Gasteiger partial charge in [0.05, 0.1) is 10.7 Å². The van der Waals surface area contributed by atoms with Crippen molar-refractivity contribution in [3.63, 3.8) is 0 Å². The van der Waals surface area contributed by atoms with Gasteiger partial charge in [-0.15, -0.1) is 0 Å². The number of benzene rings is 1. The second-order valence-corrected chi connectivity index (χ2v) is 5.81. The van der Waals surface area contributed by atoms with Gasteiger partial charge in [-0.05, 0) is 18.4 Å². The molecule has 0 aliphatic carbocycles. The summed E-state index contributed by atoms with van der Waals surface area (Å²) >= 11 is 5.94. The molecule has 0 radical (unpaired) electrons. The molecule has 108 valence electrons. The monoisotopic (exact) mass is 325 g/mol. The Labute approximate surface area is 117 Å². The zero-order valence-electron chi connectivity index (χ0n) is 9.90. The molecular weight excluding hydrogens is 319 g/mol. The van der Waals surface area contributed by atoms with E-state index in [1.165, 1.54) is 6.92 Å². The van der Waals surface area contributed by atoms with E-state index in [0.717, 1.165) is 6.07 Å². The third-order valence-electron chi connectivity index (χ3n) is 2.44. The average Bonchev–Trinajstić information content (AvgIpc) is 2.25. The molecule has 0 bridgehead atoms. The van der Waals surface area contributed by atoms with Crippen LogP contribution in [0.25, 0.3) is 10.8 Å². The van der Waals surface area contributed by atoms with E-state index in [2.05, 4.69) is 9.17 Å². The molecule has 9 heteroatoms. The number of nitrogens with zero attached hydrogens (tertiary/aromatic N) is 1. The third kappa shape index (κ3) is 2.66. The maximum absolute atomic E-state index is 12.2. The maximum Gasteiger partial charge on any atom is 0.534 e. The number of aromatic nitrogens is 1.